The number of hydrogen-bond acceptors (Lipinski definition) is 8. The molecule has 2 aromatic rings. The normalized spacial score (nSPS) is 22.1. The number of likely N-dealkylation sites (tertiary alicyclic amines) is 1. The smallest absolute Gasteiger partial charge is 0.263 e. The maximum absolute atomic E-state index is 13.1. The van der Waals surface area contributed by atoms with Gasteiger partial charge in [-0.05, 0) is 36.1 Å². The average Bonchev–Trinajstić information content (AvgIpc) is 3.56. The number of carbonyl (C=O) groups excluding carboxylic acids is 6. The maximum atomic E-state index is 13.1. The molecule has 0 spiro atoms. The first kappa shape index (κ1) is 29.0. The van der Waals surface area contributed by atoms with Gasteiger partial charge >= 0.3 is 0 Å². The number of nitrogens with one attached hydrogen (secondary N) is 4. The van der Waals surface area contributed by atoms with E-state index in [4.69, 9.17) is 0 Å². The molecule has 2 unspecified atom stereocenters. The van der Waals surface area contributed by atoms with Gasteiger partial charge < -0.3 is 20.4 Å². The summed E-state index contributed by atoms with van der Waals surface area (Å²) < 4.78 is 0. The van der Waals surface area contributed by atoms with Crippen LogP contribution in [-0.2, 0) is 43.6 Å². The number of hydrogen-bond donors (Lipinski definition) is 4. The van der Waals surface area contributed by atoms with Crippen LogP contribution in [0.1, 0.15) is 52.7 Å². The molecule has 4 heterocycles. The van der Waals surface area contributed by atoms with Crippen LogP contribution in [-0.4, -0.2) is 63.9 Å². The minimum absolute atomic E-state index is 0.194. The summed E-state index contributed by atoms with van der Waals surface area (Å²) in [5.74, 6) is -2.03. The highest BCUT2D eigenvalue weighted by atomic mass is 16.2. The summed E-state index contributed by atoms with van der Waals surface area (Å²) in [5.41, 5.74) is 11.9. The van der Waals surface area contributed by atoms with Crippen LogP contribution >= 0.6 is 0 Å². The molecule has 1 aliphatic carbocycles. The van der Waals surface area contributed by atoms with Gasteiger partial charge in [0.15, 0.2) is 0 Å². The van der Waals surface area contributed by atoms with Crippen molar-refractivity contribution >= 4 is 41.1 Å². The number of rotatable bonds is 8. The van der Waals surface area contributed by atoms with Crippen LogP contribution in [0.25, 0.3) is 0 Å². The van der Waals surface area contributed by atoms with Gasteiger partial charge in [-0.1, -0.05) is 41.8 Å². The molecule has 3 saturated heterocycles. The van der Waals surface area contributed by atoms with Crippen molar-refractivity contribution in [2.24, 2.45) is 0 Å². The molecule has 232 valence electrons. The number of allylic oxidation sites excluding steroid dienone is 1. The molecule has 0 radical (unpaired) electrons. The molecular weight excluding hydrogens is 588 g/mol. The Hall–Kier alpha value is -5.70. The van der Waals surface area contributed by atoms with E-state index in [0.717, 1.165) is 33.6 Å². The van der Waals surface area contributed by atoms with Crippen LogP contribution in [0.3, 0.4) is 0 Å². The highest BCUT2D eigenvalue weighted by molar-refractivity contribution is 6.07. The zero-order valence-corrected chi connectivity index (χ0v) is 24.8. The number of amides is 6. The largest absolute Gasteiger partial charge is 0.381 e. The molecule has 46 heavy (non-hydrogen) atoms. The molecule has 0 saturated carbocycles. The van der Waals surface area contributed by atoms with E-state index in [1.165, 1.54) is 4.90 Å². The van der Waals surface area contributed by atoms with E-state index in [1.54, 1.807) is 17.0 Å². The molecule has 4 N–H and O–H groups in total. The first-order chi connectivity index (χ1) is 22.3. The van der Waals surface area contributed by atoms with Gasteiger partial charge in [0.25, 0.3) is 11.8 Å². The molecule has 7 rings (SSSR count). The number of anilines is 1. The fourth-order valence-corrected chi connectivity index (χ4v) is 6.52. The van der Waals surface area contributed by atoms with Crippen molar-refractivity contribution in [2.45, 2.75) is 57.4 Å². The summed E-state index contributed by atoms with van der Waals surface area (Å²) in [6.07, 6.45) is 2.75. The predicted molar refractivity (Wildman–Crippen MR) is 163 cm³/mol. The van der Waals surface area contributed by atoms with Crippen molar-refractivity contribution in [3.05, 3.63) is 99.1 Å². The average molecular weight is 619 g/mol. The van der Waals surface area contributed by atoms with Crippen LogP contribution in [0.4, 0.5) is 5.69 Å². The molecule has 4 aliphatic heterocycles. The van der Waals surface area contributed by atoms with Gasteiger partial charge in [0, 0.05) is 66.6 Å². The van der Waals surface area contributed by atoms with Crippen LogP contribution < -0.4 is 21.3 Å². The quantitative estimate of drug-likeness (QED) is 0.255. The number of fused-ring (bicyclic) bond motifs is 2. The Bertz CT molecular complexity index is 1860. The zero-order chi connectivity index (χ0) is 31.9. The number of carbonyl (C=O) groups is 6. The lowest BCUT2D eigenvalue weighted by Gasteiger charge is -2.29. The fourth-order valence-electron chi connectivity index (χ4n) is 6.52. The lowest BCUT2D eigenvalue weighted by atomic mass is 10.0. The van der Waals surface area contributed by atoms with Crippen molar-refractivity contribution < 1.29 is 28.8 Å². The van der Waals surface area contributed by atoms with Crippen LogP contribution in [0, 0.1) is 0 Å². The molecule has 12 nitrogen and oxygen atoms in total. The summed E-state index contributed by atoms with van der Waals surface area (Å²) >= 11 is 0. The Morgan fingerprint density at radius 2 is 1.35 bits per heavy atom. The maximum Gasteiger partial charge on any atom is 0.263 e. The first-order valence-corrected chi connectivity index (χ1v) is 15.2. The van der Waals surface area contributed by atoms with Crippen LogP contribution in [0.15, 0.2) is 76.8 Å². The van der Waals surface area contributed by atoms with E-state index < -0.39 is 23.9 Å². The highest BCUT2D eigenvalue weighted by Crippen LogP contribution is 2.33. The molecule has 0 aromatic heterocycles. The third-order valence-corrected chi connectivity index (χ3v) is 9.00. The van der Waals surface area contributed by atoms with Crippen LogP contribution in [0.2, 0.25) is 0 Å². The lowest BCUT2D eigenvalue weighted by Crippen LogP contribution is -2.52. The van der Waals surface area contributed by atoms with E-state index >= 15 is 0 Å². The Labute approximate surface area is 263 Å². The van der Waals surface area contributed by atoms with Crippen molar-refractivity contribution in [1.82, 2.24) is 25.8 Å². The van der Waals surface area contributed by atoms with E-state index in [2.05, 4.69) is 32.7 Å². The summed E-state index contributed by atoms with van der Waals surface area (Å²) in [6.45, 7) is 1.56. The second-order valence-corrected chi connectivity index (χ2v) is 11.8. The Morgan fingerprint density at radius 1 is 0.739 bits per heavy atom. The highest BCUT2D eigenvalue weighted by Gasteiger charge is 2.42. The van der Waals surface area contributed by atoms with Crippen molar-refractivity contribution in [2.75, 3.05) is 11.9 Å². The van der Waals surface area contributed by atoms with Gasteiger partial charge in [-0.25, -0.2) is 0 Å². The fraction of sp³-hybridized carbons (Fsp3) is 0.294. The van der Waals surface area contributed by atoms with Gasteiger partial charge in [-0.15, -0.1) is 0 Å². The second-order valence-electron chi connectivity index (χ2n) is 11.8. The van der Waals surface area contributed by atoms with E-state index in [1.807, 2.05) is 36.4 Å². The molecule has 2 aromatic carbocycles. The monoisotopic (exact) mass is 618 g/mol. The molecule has 3 fully saturated rings. The van der Waals surface area contributed by atoms with Gasteiger partial charge in [0.1, 0.15) is 12.1 Å². The number of imide groups is 2. The van der Waals surface area contributed by atoms with E-state index in [0.29, 0.717) is 43.6 Å². The predicted octanol–water partition coefficient (Wildman–Crippen LogP) is 1.30. The van der Waals surface area contributed by atoms with Gasteiger partial charge in [0.05, 0.1) is 12.1 Å². The third-order valence-electron chi connectivity index (χ3n) is 9.00. The SMILES string of the molecule is O=C1CCC(N2CC3=C(NCc4ccc(CNc5cccc6c5CN(C5CCC(=O)NC5=O)C6=O)cc4)C=C=C=C3C2=O)C(=O)N1. The molecular formula is C34H30N6O6. The van der Waals surface area contributed by atoms with Crippen molar-refractivity contribution in [1.29, 1.82) is 0 Å². The standard InChI is InChI=1S/C34H30N6O6/c41-29-13-11-27(31(43)37-29)39-17-23-21(33(39)45)3-1-5-25(23)35-15-19-7-9-20(10-8-19)16-36-26-6-2-4-22-24(26)18-40(34(22)46)28-12-14-30(42)38-32(28)44/h1,3,5-10,27-28,35-36H,11-18H2,(H,37,41,43)(H,38,42,44). The van der Waals surface area contributed by atoms with Crippen LogP contribution in [0.5, 0.6) is 0 Å². The minimum Gasteiger partial charge on any atom is -0.381 e. The molecule has 6 amide bonds. The van der Waals surface area contributed by atoms with E-state index in [-0.39, 0.29) is 43.0 Å². The summed E-state index contributed by atoms with van der Waals surface area (Å²) in [7, 11) is 0. The van der Waals surface area contributed by atoms with Gasteiger partial charge in [-0.3, -0.25) is 39.4 Å². The van der Waals surface area contributed by atoms with E-state index in [9.17, 15) is 28.8 Å². The third kappa shape index (κ3) is 5.30. The second kappa shape index (κ2) is 11.7. The number of benzene rings is 2. The Morgan fingerprint density at radius 3 is 1.98 bits per heavy atom. The molecule has 5 aliphatic rings. The molecule has 12 heteroatoms. The summed E-state index contributed by atoms with van der Waals surface area (Å²) in [4.78, 5) is 77.2. The first-order valence-electron chi connectivity index (χ1n) is 15.2. The van der Waals surface area contributed by atoms with Gasteiger partial charge in [-0.2, -0.15) is 0 Å². The minimum atomic E-state index is -0.693. The van der Waals surface area contributed by atoms with Gasteiger partial charge in [0.2, 0.25) is 23.6 Å². The summed E-state index contributed by atoms with van der Waals surface area (Å²) in [5, 5.41) is 11.5. The number of nitrogens with zero attached hydrogens (tertiary/aromatic N) is 2. The topological polar surface area (TPSA) is 157 Å². The lowest BCUT2D eigenvalue weighted by molar-refractivity contribution is -0.142. The van der Waals surface area contributed by atoms with Crippen molar-refractivity contribution in [3.63, 3.8) is 0 Å². The molecule has 0 bridgehead atoms. The Balaban J connectivity index is 0.970. The number of piperidine rings is 2. The van der Waals surface area contributed by atoms with Crippen molar-refractivity contribution in [3.8, 4) is 0 Å². The Kier molecular flexibility index (Phi) is 7.36. The molecule has 2 atom stereocenters. The zero-order valence-electron chi connectivity index (χ0n) is 24.8. The summed E-state index contributed by atoms with van der Waals surface area (Å²) in [6, 6.07) is 12.2.